The van der Waals surface area contributed by atoms with Crippen molar-refractivity contribution in [2.24, 2.45) is 11.5 Å². The van der Waals surface area contributed by atoms with E-state index in [9.17, 15) is 18.9 Å². The second-order valence-corrected chi connectivity index (χ2v) is 6.16. The Morgan fingerprint density at radius 3 is 1.50 bits per heavy atom. The van der Waals surface area contributed by atoms with Gasteiger partial charge in [0, 0.05) is 12.1 Å². The van der Waals surface area contributed by atoms with Crippen molar-refractivity contribution in [3.05, 3.63) is 0 Å². The Morgan fingerprint density at radius 1 is 1.06 bits per heavy atom. The molecule has 0 aliphatic heterocycles. The van der Waals surface area contributed by atoms with E-state index in [1.807, 2.05) is 0 Å². The summed E-state index contributed by atoms with van der Waals surface area (Å²) < 4.78 is 21.7. The molecule has 0 heterocycles. The molecule has 0 aromatic rings. The maximum Gasteiger partial charge on any atom is 2.00 e. The van der Waals surface area contributed by atoms with E-state index in [1.54, 1.807) is 0 Å². The number of hydrogen-bond acceptors (Lipinski definition) is 7. The molecule has 112 valence electrons. The number of phosphoric acid groups is 2. The smallest absolute Gasteiger partial charge is 0.789 e. The SMILES string of the molecule is NC1CCCCC1N.O=P([O-])([O-])OP(=O)(O)O.[Pt+2]. The van der Waals surface area contributed by atoms with Crippen LogP contribution in [0.1, 0.15) is 25.7 Å². The summed E-state index contributed by atoms with van der Waals surface area (Å²) in [6, 6.07) is 0.562. The van der Waals surface area contributed by atoms with Gasteiger partial charge in [-0.05, 0) is 12.8 Å². The van der Waals surface area contributed by atoms with Crippen molar-refractivity contribution in [1.82, 2.24) is 0 Å². The largest absolute Gasteiger partial charge is 2.00 e. The average molecular weight is 485 g/mol. The summed E-state index contributed by atoms with van der Waals surface area (Å²) in [6.45, 7) is 0. The van der Waals surface area contributed by atoms with Crippen LogP contribution < -0.4 is 21.3 Å². The third kappa shape index (κ3) is 13.3. The molecule has 0 aromatic carbocycles. The van der Waals surface area contributed by atoms with Crippen LogP contribution in [0.2, 0.25) is 0 Å². The Bertz CT molecular complexity index is 289. The molecule has 0 aromatic heterocycles. The first-order chi connectivity index (χ1) is 7.51. The maximum atomic E-state index is 9.55. The van der Waals surface area contributed by atoms with Gasteiger partial charge in [0.25, 0.3) is 0 Å². The van der Waals surface area contributed by atoms with E-state index in [0.29, 0.717) is 0 Å². The topological polar surface area (TPSA) is 182 Å². The Labute approximate surface area is 119 Å². The molecule has 1 aliphatic carbocycles. The van der Waals surface area contributed by atoms with E-state index in [-0.39, 0.29) is 33.1 Å². The normalized spacial score (nSPS) is 24.6. The molecule has 1 rings (SSSR count). The van der Waals surface area contributed by atoms with Crippen LogP contribution in [0.5, 0.6) is 0 Å². The van der Waals surface area contributed by atoms with Gasteiger partial charge in [0.2, 0.25) is 0 Å². The fourth-order valence-corrected chi connectivity index (χ4v) is 2.36. The molecule has 0 amide bonds. The summed E-state index contributed by atoms with van der Waals surface area (Å²) in [5.74, 6) is 0. The molecular weight excluding hydrogens is 469 g/mol. The molecule has 0 spiro atoms. The minimum absolute atomic E-state index is 0. The van der Waals surface area contributed by atoms with Gasteiger partial charge < -0.3 is 35.6 Å². The second kappa shape index (κ2) is 8.92. The van der Waals surface area contributed by atoms with Crippen LogP contribution in [-0.4, -0.2) is 21.9 Å². The first-order valence-corrected chi connectivity index (χ1v) is 7.80. The maximum absolute atomic E-state index is 9.55. The van der Waals surface area contributed by atoms with Gasteiger partial charge in [-0.3, -0.25) is 4.31 Å². The molecule has 2 unspecified atom stereocenters. The van der Waals surface area contributed by atoms with Crippen molar-refractivity contribution >= 4 is 15.6 Å². The molecule has 0 saturated heterocycles. The zero-order chi connectivity index (χ0) is 13.7. The molecular formula is C6H16N2O7P2Pt. The molecule has 12 heteroatoms. The molecule has 18 heavy (non-hydrogen) atoms. The quantitative estimate of drug-likeness (QED) is 0.326. The first-order valence-electron chi connectivity index (χ1n) is 4.81. The van der Waals surface area contributed by atoms with Gasteiger partial charge in [-0.15, -0.1) is 0 Å². The minimum atomic E-state index is -5.55. The van der Waals surface area contributed by atoms with Crippen molar-refractivity contribution in [2.45, 2.75) is 37.8 Å². The van der Waals surface area contributed by atoms with E-state index >= 15 is 0 Å². The Morgan fingerprint density at radius 2 is 1.39 bits per heavy atom. The molecule has 9 nitrogen and oxygen atoms in total. The Hall–Kier alpha value is 0.868. The van der Waals surface area contributed by atoms with Gasteiger partial charge >= 0.3 is 28.9 Å². The van der Waals surface area contributed by atoms with E-state index in [1.165, 1.54) is 12.8 Å². The summed E-state index contributed by atoms with van der Waals surface area (Å²) in [4.78, 5) is 34.1. The van der Waals surface area contributed by atoms with Crippen LogP contribution in [0.15, 0.2) is 0 Å². The van der Waals surface area contributed by atoms with Crippen molar-refractivity contribution < 1.29 is 54.1 Å². The predicted octanol–water partition coefficient (Wildman–Crippen LogP) is -1.86. The summed E-state index contributed by atoms with van der Waals surface area (Å²) >= 11 is 0. The third-order valence-electron chi connectivity index (χ3n) is 2.08. The Balaban J connectivity index is 0. The molecule has 0 radical (unpaired) electrons. The second-order valence-electron chi connectivity index (χ2n) is 3.63. The van der Waals surface area contributed by atoms with E-state index in [4.69, 9.17) is 21.3 Å². The molecule has 6 N–H and O–H groups in total. The fraction of sp³-hybridized carbons (Fsp3) is 1.00. The monoisotopic (exact) mass is 485 g/mol. The summed E-state index contributed by atoms with van der Waals surface area (Å²) in [5.41, 5.74) is 11.3. The van der Waals surface area contributed by atoms with Crippen LogP contribution in [0, 0.1) is 0 Å². The fourth-order valence-electron chi connectivity index (χ4n) is 1.32. The molecule has 1 saturated carbocycles. The predicted molar refractivity (Wildman–Crippen MR) is 55.2 cm³/mol. The summed E-state index contributed by atoms with van der Waals surface area (Å²) in [5, 5.41) is 0. The van der Waals surface area contributed by atoms with Crippen molar-refractivity contribution in [1.29, 1.82) is 0 Å². The van der Waals surface area contributed by atoms with Gasteiger partial charge in [0.05, 0.1) is 7.82 Å². The van der Waals surface area contributed by atoms with Gasteiger partial charge in [-0.25, -0.2) is 4.57 Å². The average Bonchev–Trinajstić information content (AvgIpc) is 2.04. The molecule has 1 aliphatic rings. The summed E-state index contributed by atoms with van der Waals surface area (Å²) in [7, 11) is -10.7. The van der Waals surface area contributed by atoms with Crippen LogP contribution in [0.4, 0.5) is 0 Å². The van der Waals surface area contributed by atoms with Crippen LogP contribution in [-0.2, 0) is 34.5 Å². The van der Waals surface area contributed by atoms with E-state index in [2.05, 4.69) is 4.31 Å². The zero-order valence-electron chi connectivity index (χ0n) is 9.28. The van der Waals surface area contributed by atoms with Gasteiger partial charge in [-0.1, -0.05) is 12.8 Å². The van der Waals surface area contributed by atoms with Gasteiger partial charge in [0.15, 0.2) is 0 Å². The molecule has 2 atom stereocenters. The number of rotatable bonds is 2. The molecule has 0 bridgehead atoms. The zero-order valence-corrected chi connectivity index (χ0v) is 13.3. The van der Waals surface area contributed by atoms with Crippen molar-refractivity contribution in [3.63, 3.8) is 0 Å². The van der Waals surface area contributed by atoms with Crippen molar-refractivity contribution in [2.75, 3.05) is 0 Å². The van der Waals surface area contributed by atoms with E-state index < -0.39 is 15.6 Å². The third-order valence-corrected chi connectivity index (χ3v) is 3.73. The van der Waals surface area contributed by atoms with Gasteiger partial charge in [0.1, 0.15) is 0 Å². The van der Waals surface area contributed by atoms with Gasteiger partial charge in [-0.2, -0.15) is 0 Å². The minimum Gasteiger partial charge on any atom is -0.789 e. The number of nitrogens with two attached hydrogens (primary N) is 2. The van der Waals surface area contributed by atoms with Crippen LogP contribution in [0.3, 0.4) is 0 Å². The van der Waals surface area contributed by atoms with Crippen molar-refractivity contribution in [3.8, 4) is 0 Å². The first kappa shape index (κ1) is 21.2. The standard InChI is InChI=1S/C6H14N2.H4O7P2.Pt/c7-5-3-1-2-4-6(5)8;1-8(2,3)7-9(4,5)6;/h5-6H,1-4,7-8H2;(H2,1,2,3)(H2,4,5,6);/q;;+2/p-2. The Kier molecular flexibility index (Phi) is 10.5. The van der Waals surface area contributed by atoms with Crippen LogP contribution >= 0.6 is 15.6 Å². The number of hydrogen-bond donors (Lipinski definition) is 4. The molecule has 1 fully saturated rings. The van der Waals surface area contributed by atoms with Crippen LogP contribution in [0.25, 0.3) is 0 Å². The summed E-state index contributed by atoms with van der Waals surface area (Å²) in [6.07, 6.45) is 4.80. The van der Waals surface area contributed by atoms with E-state index in [0.717, 1.165) is 12.8 Å².